The monoisotopic (exact) mass is 235 g/mol. The van der Waals surface area contributed by atoms with Gasteiger partial charge in [-0.3, -0.25) is 4.98 Å². The zero-order valence-electron chi connectivity index (χ0n) is 10.3. The smallest absolute Gasteiger partial charge is 0.0757 e. The van der Waals surface area contributed by atoms with Gasteiger partial charge in [0.25, 0.3) is 0 Å². The number of ether oxygens (including phenoxy) is 1. The molecule has 17 heavy (non-hydrogen) atoms. The molecule has 4 heteroatoms. The van der Waals surface area contributed by atoms with Gasteiger partial charge in [-0.05, 0) is 43.7 Å². The summed E-state index contributed by atoms with van der Waals surface area (Å²) in [6.45, 7) is 2.73. The molecule has 0 aromatic carbocycles. The molecule has 2 unspecified atom stereocenters. The van der Waals surface area contributed by atoms with Gasteiger partial charge in [-0.1, -0.05) is 0 Å². The second-order valence-corrected chi connectivity index (χ2v) is 4.70. The highest BCUT2D eigenvalue weighted by atomic mass is 16.5. The van der Waals surface area contributed by atoms with Crippen molar-refractivity contribution in [2.24, 2.45) is 11.7 Å². The molecule has 0 saturated heterocycles. The fraction of sp³-hybridized carbons (Fsp3) is 0.615. The van der Waals surface area contributed by atoms with Gasteiger partial charge >= 0.3 is 0 Å². The number of nitrogens with two attached hydrogens (primary N) is 2. The summed E-state index contributed by atoms with van der Waals surface area (Å²) in [7, 11) is 0. The number of aromatic nitrogens is 1. The third-order valence-electron chi connectivity index (χ3n) is 3.26. The van der Waals surface area contributed by atoms with Crippen molar-refractivity contribution in [1.82, 2.24) is 4.98 Å². The predicted octanol–water partition coefficient (Wildman–Crippen LogP) is 1.35. The van der Waals surface area contributed by atoms with Gasteiger partial charge in [-0.25, -0.2) is 0 Å². The summed E-state index contributed by atoms with van der Waals surface area (Å²) in [5, 5.41) is 0. The lowest BCUT2D eigenvalue weighted by Crippen LogP contribution is -2.40. The van der Waals surface area contributed by atoms with Crippen LogP contribution in [0.2, 0.25) is 0 Å². The van der Waals surface area contributed by atoms with Crippen LogP contribution < -0.4 is 11.5 Å². The van der Waals surface area contributed by atoms with E-state index in [1.165, 1.54) is 12.8 Å². The van der Waals surface area contributed by atoms with Crippen LogP contribution in [0, 0.1) is 5.92 Å². The van der Waals surface area contributed by atoms with Crippen LogP contribution in [-0.2, 0) is 11.2 Å². The molecule has 1 aliphatic rings. The lowest BCUT2D eigenvalue weighted by molar-refractivity contribution is 0.0288. The lowest BCUT2D eigenvalue weighted by Gasteiger charge is -2.24. The Kier molecular flexibility index (Phi) is 3.97. The van der Waals surface area contributed by atoms with Crippen LogP contribution in [0.3, 0.4) is 0 Å². The normalized spacial score (nSPS) is 18.9. The molecular formula is C13H21N3O. The molecule has 4 nitrogen and oxygen atoms in total. The van der Waals surface area contributed by atoms with Crippen LogP contribution in [0.25, 0.3) is 0 Å². The topological polar surface area (TPSA) is 74.2 Å². The van der Waals surface area contributed by atoms with E-state index in [9.17, 15) is 0 Å². The van der Waals surface area contributed by atoms with Crippen molar-refractivity contribution >= 4 is 5.69 Å². The predicted molar refractivity (Wildman–Crippen MR) is 68.5 cm³/mol. The van der Waals surface area contributed by atoms with Crippen LogP contribution in [0.5, 0.6) is 0 Å². The Hall–Kier alpha value is -1.13. The first kappa shape index (κ1) is 12.3. The van der Waals surface area contributed by atoms with E-state index in [0.717, 1.165) is 24.3 Å². The Morgan fingerprint density at radius 2 is 2.29 bits per heavy atom. The molecule has 2 atom stereocenters. The third kappa shape index (κ3) is 3.17. The minimum absolute atomic E-state index is 0.00829. The van der Waals surface area contributed by atoms with Crippen LogP contribution >= 0.6 is 0 Å². The molecule has 2 rings (SSSR count). The van der Waals surface area contributed by atoms with Gasteiger partial charge in [0.1, 0.15) is 0 Å². The maximum atomic E-state index is 6.24. The van der Waals surface area contributed by atoms with Gasteiger partial charge in [-0.15, -0.1) is 0 Å². The Labute approximate surface area is 102 Å². The number of hydrogen-bond donors (Lipinski definition) is 2. The average molecular weight is 235 g/mol. The van der Waals surface area contributed by atoms with Gasteiger partial charge in [0.2, 0.25) is 0 Å². The van der Waals surface area contributed by atoms with E-state index in [-0.39, 0.29) is 12.1 Å². The summed E-state index contributed by atoms with van der Waals surface area (Å²) in [5.41, 5.74) is 13.9. The molecule has 1 heterocycles. The summed E-state index contributed by atoms with van der Waals surface area (Å²) in [4.78, 5) is 4.09. The summed E-state index contributed by atoms with van der Waals surface area (Å²) in [5.74, 6) is 0.642. The molecule has 94 valence electrons. The standard InChI is InChI=1S/C13H21N3O/c1-2-17-13(9-3-4-9)12(15)7-10-8-16-6-5-11(10)14/h5-6,8-9,12-13H,2-4,7,15H2,1H3,(H2,14,16). The zero-order chi connectivity index (χ0) is 12.3. The van der Waals surface area contributed by atoms with Crippen LogP contribution in [0.1, 0.15) is 25.3 Å². The molecule has 4 N–H and O–H groups in total. The molecule has 0 radical (unpaired) electrons. The number of hydrogen-bond acceptors (Lipinski definition) is 4. The number of nitrogen functional groups attached to an aromatic ring is 1. The fourth-order valence-corrected chi connectivity index (χ4v) is 2.21. The van der Waals surface area contributed by atoms with E-state index < -0.39 is 0 Å². The highest BCUT2D eigenvalue weighted by Crippen LogP contribution is 2.36. The van der Waals surface area contributed by atoms with Crippen LogP contribution in [0.15, 0.2) is 18.5 Å². The molecule has 1 saturated carbocycles. The summed E-state index contributed by atoms with van der Waals surface area (Å²) >= 11 is 0. The Balaban J connectivity index is 1.99. The largest absolute Gasteiger partial charge is 0.398 e. The van der Waals surface area contributed by atoms with E-state index in [0.29, 0.717) is 5.92 Å². The summed E-state index contributed by atoms with van der Waals surface area (Å²) < 4.78 is 5.75. The molecule has 1 aromatic rings. The van der Waals surface area contributed by atoms with Gasteiger partial charge in [0.05, 0.1) is 6.10 Å². The van der Waals surface area contributed by atoms with Crippen molar-refractivity contribution in [3.63, 3.8) is 0 Å². The van der Waals surface area contributed by atoms with E-state index >= 15 is 0 Å². The minimum Gasteiger partial charge on any atom is -0.398 e. The molecule has 1 fully saturated rings. The first-order valence-electron chi connectivity index (χ1n) is 6.28. The molecule has 0 bridgehead atoms. The van der Waals surface area contributed by atoms with Gasteiger partial charge < -0.3 is 16.2 Å². The Morgan fingerprint density at radius 3 is 2.88 bits per heavy atom. The van der Waals surface area contributed by atoms with Crippen LogP contribution in [0.4, 0.5) is 5.69 Å². The molecule has 1 aliphatic carbocycles. The van der Waals surface area contributed by atoms with Gasteiger partial charge in [0, 0.05) is 30.7 Å². The molecular weight excluding hydrogens is 214 g/mol. The van der Waals surface area contributed by atoms with E-state index in [2.05, 4.69) is 4.98 Å². The second-order valence-electron chi connectivity index (χ2n) is 4.70. The van der Waals surface area contributed by atoms with Crippen molar-refractivity contribution in [2.75, 3.05) is 12.3 Å². The van der Waals surface area contributed by atoms with Gasteiger partial charge in [-0.2, -0.15) is 0 Å². The molecule has 1 aromatic heterocycles. The van der Waals surface area contributed by atoms with Gasteiger partial charge in [0.15, 0.2) is 0 Å². The van der Waals surface area contributed by atoms with Crippen molar-refractivity contribution in [3.8, 4) is 0 Å². The molecule has 0 spiro atoms. The second kappa shape index (κ2) is 5.47. The average Bonchev–Trinajstić information content (AvgIpc) is 3.13. The zero-order valence-corrected chi connectivity index (χ0v) is 10.3. The van der Waals surface area contributed by atoms with Crippen molar-refractivity contribution in [3.05, 3.63) is 24.0 Å². The summed E-state index contributed by atoms with van der Waals surface area (Å²) in [6, 6.07) is 1.82. The number of anilines is 1. The molecule has 0 amide bonds. The van der Waals surface area contributed by atoms with E-state index in [1.54, 1.807) is 12.4 Å². The first-order valence-corrected chi connectivity index (χ1v) is 6.28. The third-order valence-corrected chi connectivity index (χ3v) is 3.26. The highest BCUT2D eigenvalue weighted by molar-refractivity contribution is 5.44. The fourth-order valence-electron chi connectivity index (χ4n) is 2.21. The van der Waals surface area contributed by atoms with Crippen LogP contribution in [-0.4, -0.2) is 23.7 Å². The SMILES string of the molecule is CCOC(C(N)Cc1cnccc1N)C1CC1. The lowest BCUT2D eigenvalue weighted by atomic mass is 9.99. The Bertz CT molecular complexity index is 365. The van der Waals surface area contributed by atoms with Crippen molar-refractivity contribution < 1.29 is 4.74 Å². The Morgan fingerprint density at radius 1 is 1.53 bits per heavy atom. The maximum Gasteiger partial charge on any atom is 0.0757 e. The quantitative estimate of drug-likeness (QED) is 0.780. The van der Waals surface area contributed by atoms with E-state index in [4.69, 9.17) is 16.2 Å². The maximum absolute atomic E-state index is 6.24. The minimum atomic E-state index is 0.00829. The van der Waals surface area contributed by atoms with Crippen molar-refractivity contribution in [1.29, 1.82) is 0 Å². The molecule has 0 aliphatic heterocycles. The first-order chi connectivity index (χ1) is 8.22. The number of nitrogens with zero attached hydrogens (tertiary/aromatic N) is 1. The van der Waals surface area contributed by atoms with Crippen molar-refractivity contribution in [2.45, 2.75) is 38.3 Å². The number of rotatable bonds is 6. The number of pyridine rings is 1. The summed E-state index contributed by atoms with van der Waals surface area (Å²) in [6.07, 6.45) is 6.87. The van der Waals surface area contributed by atoms with E-state index in [1.807, 2.05) is 13.0 Å². The highest BCUT2D eigenvalue weighted by Gasteiger charge is 2.35.